The van der Waals surface area contributed by atoms with Gasteiger partial charge in [0.1, 0.15) is 0 Å². The van der Waals surface area contributed by atoms with Crippen molar-refractivity contribution in [3.05, 3.63) is 77.0 Å². The Kier molecular flexibility index (Phi) is 3.69. The summed E-state index contributed by atoms with van der Waals surface area (Å²) in [6, 6.07) is 16.6. The van der Waals surface area contributed by atoms with Crippen LogP contribution in [0.25, 0.3) is 10.9 Å². The van der Waals surface area contributed by atoms with E-state index >= 15 is 0 Å². The molecule has 3 nitrogen and oxygen atoms in total. The van der Waals surface area contributed by atoms with E-state index in [2.05, 4.69) is 48.5 Å². The predicted molar refractivity (Wildman–Crippen MR) is 86.8 cm³/mol. The number of aromatic nitrogens is 1. The standard InChI is InChI=1S/C18H19N3/c1-12-7-8-14(11-13(12)2)18(21-19)16-9-10-20-17-6-4-3-5-15(16)17/h3-11,18,21H,19H2,1-2H3. The molecule has 0 aliphatic carbocycles. The molecule has 0 amide bonds. The minimum Gasteiger partial charge on any atom is -0.271 e. The highest BCUT2D eigenvalue weighted by Gasteiger charge is 2.15. The van der Waals surface area contributed by atoms with Gasteiger partial charge in [-0.25, -0.2) is 5.43 Å². The van der Waals surface area contributed by atoms with Crippen molar-refractivity contribution in [2.24, 2.45) is 5.84 Å². The van der Waals surface area contributed by atoms with Crippen molar-refractivity contribution >= 4 is 10.9 Å². The van der Waals surface area contributed by atoms with Gasteiger partial charge >= 0.3 is 0 Å². The highest BCUT2D eigenvalue weighted by Crippen LogP contribution is 2.28. The summed E-state index contributed by atoms with van der Waals surface area (Å²) in [6.07, 6.45) is 1.84. The molecule has 3 aromatic rings. The van der Waals surface area contributed by atoms with E-state index in [9.17, 15) is 0 Å². The third-order valence-corrected chi connectivity index (χ3v) is 4.02. The van der Waals surface area contributed by atoms with Crippen LogP contribution in [0.15, 0.2) is 54.7 Å². The van der Waals surface area contributed by atoms with Gasteiger partial charge in [-0.2, -0.15) is 0 Å². The topological polar surface area (TPSA) is 50.9 Å². The molecule has 0 aliphatic heterocycles. The summed E-state index contributed by atoms with van der Waals surface area (Å²) in [7, 11) is 0. The van der Waals surface area contributed by atoms with Crippen molar-refractivity contribution in [3.63, 3.8) is 0 Å². The third kappa shape index (κ3) is 2.53. The second-order valence-electron chi connectivity index (χ2n) is 5.36. The van der Waals surface area contributed by atoms with E-state index in [4.69, 9.17) is 5.84 Å². The van der Waals surface area contributed by atoms with Crippen LogP contribution in [-0.2, 0) is 0 Å². The molecular formula is C18H19N3. The largest absolute Gasteiger partial charge is 0.271 e. The Morgan fingerprint density at radius 3 is 2.57 bits per heavy atom. The highest BCUT2D eigenvalue weighted by atomic mass is 15.2. The molecule has 3 heteroatoms. The van der Waals surface area contributed by atoms with Crippen molar-refractivity contribution in [3.8, 4) is 0 Å². The fraction of sp³-hybridized carbons (Fsp3) is 0.167. The summed E-state index contributed by atoms with van der Waals surface area (Å²) in [5.41, 5.74) is 8.80. The zero-order valence-electron chi connectivity index (χ0n) is 12.3. The van der Waals surface area contributed by atoms with E-state index in [-0.39, 0.29) is 6.04 Å². The maximum Gasteiger partial charge on any atom is 0.0717 e. The Labute approximate surface area is 124 Å². The van der Waals surface area contributed by atoms with Crippen LogP contribution in [-0.4, -0.2) is 4.98 Å². The number of aryl methyl sites for hydroxylation is 2. The van der Waals surface area contributed by atoms with Gasteiger partial charge in [-0.15, -0.1) is 0 Å². The first-order valence-electron chi connectivity index (χ1n) is 7.07. The second kappa shape index (κ2) is 5.64. The first kappa shape index (κ1) is 13.7. The lowest BCUT2D eigenvalue weighted by Gasteiger charge is -2.19. The minimum atomic E-state index is -0.0443. The number of para-hydroxylation sites is 1. The molecule has 21 heavy (non-hydrogen) atoms. The van der Waals surface area contributed by atoms with Crippen LogP contribution >= 0.6 is 0 Å². The van der Waals surface area contributed by atoms with Crippen LogP contribution in [0.3, 0.4) is 0 Å². The number of hydrogen-bond donors (Lipinski definition) is 2. The molecular weight excluding hydrogens is 258 g/mol. The molecule has 0 saturated heterocycles. The summed E-state index contributed by atoms with van der Waals surface area (Å²) in [5, 5.41) is 1.13. The van der Waals surface area contributed by atoms with Gasteiger partial charge in [-0.05, 0) is 48.2 Å². The zero-order chi connectivity index (χ0) is 14.8. The van der Waals surface area contributed by atoms with Gasteiger partial charge in [0.05, 0.1) is 11.6 Å². The summed E-state index contributed by atoms with van der Waals surface area (Å²) in [6.45, 7) is 4.24. The van der Waals surface area contributed by atoms with Crippen LogP contribution in [0.1, 0.15) is 28.3 Å². The molecule has 106 valence electrons. The second-order valence-corrected chi connectivity index (χ2v) is 5.36. The minimum absolute atomic E-state index is 0.0443. The van der Waals surface area contributed by atoms with E-state index in [0.717, 1.165) is 22.0 Å². The van der Waals surface area contributed by atoms with E-state index < -0.39 is 0 Å². The Bertz CT molecular complexity index is 775. The van der Waals surface area contributed by atoms with Crippen LogP contribution in [0.4, 0.5) is 0 Å². The number of hydrogen-bond acceptors (Lipinski definition) is 3. The molecule has 0 fully saturated rings. The van der Waals surface area contributed by atoms with Gasteiger partial charge in [0, 0.05) is 11.6 Å². The van der Waals surface area contributed by atoms with Gasteiger partial charge in [0.2, 0.25) is 0 Å². The Morgan fingerprint density at radius 1 is 1.00 bits per heavy atom. The summed E-state index contributed by atoms with van der Waals surface area (Å²) in [5.74, 6) is 5.85. The third-order valence-electron chi connectivity index (χ3n) is 4.02. The van der Waals surface area contributed by atoms with E-state index in [1.165, 1.54) is 11.1 Å². The number of benzene rings is 2. The average Bonchev–Trinajstić information content (AvgIpc) is 2.52. The number of fused-ring (bicyclic) bond motifs is 1. The van der Waals surface area contributed by atoms with E-state index in [0.29, 0.717) is 0 Å². The van der Waals surface area contributed by atoms with Crippen molar-refractivity contribution in [2.75, 3.05) is 0 Å². The van der Waals surface area contributed by atoms with Gasteiger partial charge < -0.3 is 0 Å². The number of nitrogens with one attached hydrogen (secondary N) is 1. The molecule has 0 spiro atoms. The van der Waals surface area contributed by atoms with Crippen molar-refractivity contribution in [2.45, 2.75) is 19.9 Å². The van der Waals surface area contributed by atoms with Crippen LogP contribution in [0, 0.1) is 13.8 Å². The lowest BCUT2D eigenvalue weighted by molar-refractivity contribution is 0.640. The van der Waals surface area contributed by atoms with Gasteiger partial charge in [0.25, 0.3) is 0 Å². The fourth-order valence-corrected chi connectivity index (χ4v) is 2.68. The number of hydrazine groups is 1. The Balaban J connectivity index is 2.16. The molecule has 1 unspecified atom stereocenters. The molecule has 0 radical (unpaired) electrons. The smallest absolute Gasteiger partial charge is 0.0717 e. The Morgan fingerprint density at radius 2 is 1.81 bits per heavy atom. The first-order chi connectivity index (χ1) is 10.2. The van der Waals surface area contributed by atoms with Crippen molar-refractivity contribution < 1.29 is 0 Å². The van der Waals surface area contributed by atoms with Gasteiger partial charge in [-0.3, -0.25) is 10.8 Å². The quantitative estimate of drug-likeness (QED) is 0.570. The molecule has 3 N–H and O–H groups in total. The van der Waals surface area contributed by atoms with E-state index in [1.54, 1.807) is 0 Å². The summed E-state index contributed by atoms with van der Waals surface area (Å²) < 4.78 is 0. The van der Waals surface area contributed by atoms with Crippen LogP contribution in [0.5, 0.6) is 0 Å². The maximum atomic E-state index is 5.85. The molecule has 0 saturated carbocycles. The molecule has 1 atom stereocenters. The first-order valence-corrected chi connectivity index (χ1v) is 7.07. The number of nitrogens with two attached hydrogens (primary N) is 1. The molecule has 2 aromatic carbocycles. The number of rotatable bonds is 3. The predicted octanol–water partition coefficient (Wildman–Crippen LogP) is 3.40. The molecule has 1 aromatic heterocycles. The monoisotopic (exact) mass is 277 g/mol. The van der Waals surface area contributed by atoms with Crippen LogP contribution < -0.4 is 11.3 Å². The molecule has 0 aliphatic rings. The lowest BCUT2D eigenvalue weighted by Crippen LogP contribution is -2.29. The summed E-state index contributed by atoms with van der Waals surface area (Å²) >= 11 is 0. The SMILES string of the molecule is Cc1ccc(C(NN)c2ccnc3ccccc23)cc1C. The van der Waals surface area contributed by atoms with Crippen molar-refractivity contribution in [1.29, 1.82) is 0 Å². The van der Waals surface area contributed by atoms with Gasteiger partial charge in [0.15, 0.2) is 0 Å². The number of pyridine rings is 1. The molecule has 3 rings (SSSR count). The molecule has 0 bridgehead atoms. The zero-order valence-corrected chi connectivity index (χ0v) is 12.3. The maximum absolute atomic E-state index is 5.85. The molecule has 1 heterocycles. The van der Waals surface area contributed by atoms with Gasteiger partial charge in [-0.1, -0.05) is 36.4 Å². The average molecular weight is 277 g/mol. The number of nitrogens with zero attached hydrogens (tertiary/aromatic N) is 1. The van der Waals surface area contributed by atoms with Crippen molar-refractivity contribution in [1.82, 2.24) is 10.4 Å². The lowest BCUT2D eigenvalue weighted by atomic mass is 9.94. The van der Waals surface area contributed by atoms with E-state index in [1.807, 2.05) is 30.5 Å². The highest BCUT2D eigenvalue weighted by molar-refractivity contribution is 5.82. The Hall–Kier alpha value is -2.23. The fourth-order valence-electron chi connectivity index (χ4n) is 2.68. The normalized spacial score (nSPS) is 12.5. The van der Waals surface area contributed by atoms with Crippen LogP contribution in [0.2, 0.25) is 0 Å². The summed E-state index contributed by atoms with van der Waals surface area (Å²) in [4.78, 5) is 4.42.